The molecule has 0 bridgehead atoms. The Hall–Kier alpha value is -2.50. The summed E-state index contributed by atoms with van der Waals surface area (Å²) in [5.41, 5.74) is 3.20. The third kappa shape index (κ3) is 3.98. The lowest BCUT2D eigenvalue weighted by Gasteiger charge is -2.30. The lowest BCUT2D eigenvalue weighted by atomic mass is 10.0. The summed E-state index contributed by atoms with van der Waals surface area (Å²) in [5.74, 6) is 1.50. The van der Waals surface area contributed by atoms with Crippen LogP contribution in [-0.4, -0.2) is 25.3 Å². The Bertz CT molecular complexity index is 1090. The van der Waals surface area contributed by atoms with Crippen molar-refractivity contribution in [1.29, 1.82) is 0 Å². The van der Waals surface area contributed by atoms with Crippen molar-refractivity contribution in [2.45, 2.75) is 32.7 Å². The largest absolute Gasteiger partial charge is 0.496 e. The first-order valence-corrected chi connectivity index (χ1v) is 10.2. The van der Waals surface area contributed by atoms with Crippen molar-refractivity contribution in [3.8, 4) is 11.5 Å². The number of rotatable bonds is 6. The van der Waals surface area contributed by atoms with Crippen molar-refractivity contribution in [1.82, 2.24) is 4.90 Å². The van der Waals surface area contributed by atoms with Gasteiger partial charge in [-0.05, 0) is 36.1 Å². The molecular formula is C23H24ClNO4. The molecule has 152 valence electrons. The predicted octanol–water partition coefficient (Wildman–Crippen LogP) is 4.80. The molecule has 1 aliphatic rings. The molecule has 2 heterocycles. The van der Waals surface area contributed by atoms with E-state index in [9.17, 15) is 4.79 Å². The van der Waals surface area contributed by atoms with Crippen LogP contribution in [0.3, 0.4) is 0 Å². The third-order valence-electron chi connectivity index (χ3n) is 5.30. The molecule has 29 heavy (non-hydrogen) atoms. The predicted molar refractivity (Wildman–Crippen MR) is 114 cm³/mol. The molecule has 4 rings (SSSR count). The van der Waals surface area contributed by atoms with Crippen LogP contribution in [-0.2, 0) is 19.4 Å². The molecule has 0 unspecified atom stereocenters. The highest BCUT2D eigenvalue weighted by atomic mass is 35.5. The Labute approximate surface area is 174 Å². The zero-order chi connectivity index (χ0) is 20.4. The van der Waals surface area contributed by atoms with Crippen LogP contribution in [0, 0.1) is 0 Å². The molecule has 0 atom stereocenters. The first kappa shape index (κ1) is 19.8. The van der Waals surface area contributed by atoms with Gasteiger partial charge in [-0.15, -0.1) is 0 Å². The van der Waals surface area contributed by atoms with Crippen LogP contribution >= 0.6 is 11.6 Å². The fraction of sp³-hybridized carbons (Fsp3) is 0.348. The van der Waals surface area contributed by atoms with E-state index in [0.29, 0.717) is 29.6 Å². The lowest BCUT2D eigenvalue weighted by Crippen LogP contribution is -2.34. The number of methoxy groups -OCH3 is 1. The zero-order valence-electron chi connectivity index (χ0n) is 16.7. The summed E-state index contributed by atoms with van der Waals surface area (Å²) in [7, 11) is 1.68. The molecule has 0 radical (unpaired) electrons. The Balaban J connectivity index is 1.65. The van der Waals surface area contributed by atoms with Crippen LogP contribution in [0.5, 0.6) is 11.5 Å². The first-order chi connectivity index (χ1) is 14.1. The maximum atomic E-state index is 12.1. The second kappa shape index (κ2) is 8.47. The monoisotopic (exact) mass is 413 g/mol. The van der Waals surface area contributed by atoms with Gasteiger partial charge in [-0.1, -0.05) is 43.1 Å². The highest BCUT2D eigenvalue weighted by molar-refractivity contribution is 6.33. The van der Waals surface area contributed by atoms with Crippen LogP contribution in [0.1, 0.15) is 30.0 Å². The van der Waals surface area contributed by atoms with E-state index in [-0.39, 0.29) is 5.63 Å². The minimum atomic E-state index is -0.336. The maximum absolute atomic E-state index is 12.1. The van der Waals surface area contributed by atoms with E-state index in [1.165, 1.54) is 0 Å². The van der Waals surface area contributed by atoms with Gasteiger partial charge >= 0.3 is 5.63 Å². The van der Waals surface area contributed by atoms with Gasteiger partial charge in [-0.3, -0.25) is 4.90 Å². The Morgan fingerprint density at radius 1 is 1.17 bits per heavy atom. The van der Waals surface area contributed by atoms with Crippen molar-refractivity contribution < 1.29 is 13.9 Å². The van der Waals surface area contributed by atoms with Gasteiger partial charge in [0.1, 0.15) is 23.8 Å². The number of fused-ring (bicyclic) bond motifs is 3. The number of nitrogens with zero attached hydrogens (tertiary/aromatic N) is 1. The van der Waals surface area contributed by atoms with Crippen molar-refractivity contribution >= 4 is 22.6 Å². The topological polar surface area (TPSA) is 51.9 Å². The second-order valence-electron chi connectivity index (χ2n) is 7.27. The Morgan fingerprint density at radius 3 is 2.79 bits per heavy atom. The number of ether oxygens (including phenoxy) is 2. The minimum absolute atomic E-state index is 0.336. The number of halogens is 1. The van der Waals surface area contributed by atoms with E-state index < -0.39 is 0 Å². The second-order valence-corrected chi connectivity index (χ2v) is 7.68. The molecule has 2 aromatic carbocycles. The van der Waals surface area contributed by atoms with Crippen molar-refractivity contribution in [2.24, 2.45) is 0 Å². The van der Waals surface area contributed by atoms with Gasteiger partial charge in [0, 0.05) is 24.5 Å². The summed E-state index contributed by atoms with van der Waals surface area (Å²) in [4.78, 5) is 14.3. The van der Waals surface area contributed by atoms with E-state index in [1.807, 2.05) is 24.3 Å². The Kier molecular flexibility index (Phi) is 5.79. The number of hydrogen-bond donors (Lipinski definition) is 0. The first-order valence-electron chi connectivity index (χ1n) is 9.86. The average Bonchev–Trinajstić information content (AvgIpc) is 2.73. The average molecular weight is 414 g/mol. The summed E-state index contributed by atoms with van der Waals surface area (Å²) in [6.45, 7) is 3.92. The van der Waals surface area contributed by atoms with E-state index in [2.05, 4.69) is 17.9 Å². The summed E-state index contributed by atoms with van der Waals surface area (Å²) in [6.07, 6.45) is 2.57. The van der Waals surface area contributed by atoms with Gasteiger partial charge in [-0.2, -0.15) is 0 Å². The van der Waals surface area contributed by atoms with Crippen LogP contribution in [0.25, 0.3) is 11.0 Å². The van der Waals surface area contributed by atoms with Gasteiger partial charge in [0.25, 0.3) is 0 Å². The molecule has 6 heteroatoms. The van der Waals surface area contributed by atoms with Gasteiger partial charge in [0.2, 0.25) is 0 Å². The van der Waals surface area contributed by atoms with Crippen molar-refractivity contribution in [2.75, 3.05) is 20.4 Å². The molecule has 0 saturated carbocycles. The third-order valence-corrected chi connectivity index (χ3v) is 5.58. The summed E-state index contributed by atoms with van der Waals surface area (Å²) in [5, 5.41) is 1.45. The molecule has 1 aliphatic heterocycles. The van der Waals surface area contributed by atoms with E-state index >= 15 is 0 Å². The van der Waals surface area contributed by atoms with Crippen LogP contribution in [0.15, 0.2) is 45.6 Å². The molecular weight excluding hydrogens is 390 g/mol. The molecule has 0 spiro atoms. The molecule has 0 fully saturated rings. The molecule has 1 aromatic heterocycles. The number of hydrogen-bond acceptors (Lipinski definition) is 5. The molecule has 0 saturated heterocycles. The molecule has 0 aliphatic carbocycles. The van der Waals surface area contributed by atoms with Crippen LogP contribution in [0.4, 0.5) is 0 Å². The van der Waals surface area contributed by atoms with E-state index in [0.717, 1.165) is 53.6 Å². The molecule has 3 aromatic rings. The fourth-order valence-corrected chi connectivity index (χ4v) is 4.18. The summed E-state index contributed by atoms with van der Waals surface area (Å²) in [6, 6.07) is 11.4. The van der Waals surface area contributed by atoms with Gasteiger partial charge < -0.3 is 13.9 Å². The number of benzene rings is 2. The highest BCUT2D eigenvalue weighted by Gasteiger charge is 2.25. The summed E-state index contributed by atoms with van der Waals surface area (Å²) < 4.78 is 17.0. The van der Waals surface area contributed by atoms with Gasteiger partial charge in [-0.25, -0.2) is 4.79 Å². The van der Waals surface area contributed by atoms with Crippen LogP contribution < -0.4 is 15.1 Å². The molecule has 0 N–H and O–H groups in total. The van der Waals surface area contributed by atoms with Crippen molar-refractivity contribution in [3.05, 3.63) is 68.5 Å². The van der Waals surface area contributed by atoms with E-state index in [4.69, 9.17) is 25.5 Å². The highest BCUT2D eigenvalue weighted by Crippen LogP contribution is 2.39. The fourth-order valence-electron chi connectivity index (χ4n) is 3.91. The smallest absolute Gasteiger partial charge is 0.336 e. The summed E-state index contributed by atoms with van der Waals surface area (Å²) >= 11 is 6.51. The SMILES string of the molecule is CCCc1cc(=O)oc2c3c(c(Cl)cc12)OCN(CCc1ccccc1OC)C3. The van der Waals surface area contributed by atoms with Gasteiger partial charge in [0.05, 0.1) is 17.7 Å². The minimum Gasteiger partial charge on any atom is -0.496 e. The molecule has 5 nitrogen and oxygen atoms in total. The standard InChI is InChI=1S/C23H24ClNO4/c1-3-6-16-11-21(26)29-22-17(16)12-19(24)23-18(22)13-25(14-28-23)10-9-15-7-4-5-8-20(15)27-2/h4-5,7-8,11-12H,3,6,9-10,13-14H2,1-2H3. The van der Waals surface area contributed by atoms with Crippen molar-refractivity contribution in [3.63, 3.8) is 0 Å². The zero-order valence-corrected chi connectivity index (χ0v) is 17.4. The quantitative estimate of drug-likeness (QED) is 0.543. The van der Waals surface area contributed by atoms with E-state index in [1.54, 1.807) is 13.2 Å². The van der Waals surface area contributed by atoms with Gasteiger partial charge in [0.15, 0.2) is 0 Å². The Morgan fingerprint density at radius 2 is 2.00 bits per heavy atom. The normalized spacial score (nSPS) is 13.9. The molecule has 0 amide bonds. The maximum Gasteiger partial charge on any atom is 0.336 e. The van der Waals surface area contributed by atoms with Crippen LogP contribution in [0.2, 0.25) is 5.02 Å². The number of aryl methyl sites for hydroxylation is 1. The number of para-hydroxylation sites is 1. The lowest BCUT2D eigenvalue weighted by molar-refractivity contribution is 0.0967.